The maximum atomic E-state index is 12.0. The maximum absolute atomic E-state index is 12.0. The quantitative estimate of drug-likeness (QED) is 0.844. The number of fused-ring (bicyclic) bond motifs is 1. The Morgan fingerprint density at radius 3 is 2.76 bits per heavy atom. The van der Waals surface area contributed by atoms with Gasteiger partial charge in [0.2, 0.25) is 5.91 Å². The summed E-state index contributed by atoms with van der Waals surface area (Å²) in [5, 5.41) is 9.84. The molecule has 0 bridgehead atoms. The predicted molar refractivity (Wildman–Crippen MR) is 64.2 cm³/mol. The van der Waals surface area contributed by atoms with Crippen molar-refractivity contribution in [1.82, 2.24) is 4.98 Å². The SMILES string of the molecule is Cc1nc2c(c(C)c1O)CC(=O)N2CC1CC1. The van der Waals surface area contributed by atoms with Crippen molar-refractivity contribution in [2.45, 2.75) is 33.1 Å². The highest BCUT2D eigenvalue weighted by Crippen LogP contribution is 2.38. The molecule has 3 rings (SSSR count). The van der Waals surface area contributed by atoms with Gasteiger partial charge in [0, 0.05) is 17.7 Å². The van der Waals surface area contributed by atoms with Gasteiger partial charge in [-0.25, -0.2) is 4.98 Å². The van der Waals surface area contributed by atoms with Crippen molar-refractivity contribution in [3.05, 3.63) is 16.8 Å². The third-order valence-corrected chi connectivity index (χ3v) is 3.72. The average Bonchev–Trinajstić information content (AvgIpc) is 3.05. The van der Waals surface area contributed by atoms with Gasteiger partial charge in [0.1, 0.15) is 11.6 Å². The van der Waals surface area contributed by atoms with Gasteiger partial charge in [0.25, 0.3) is 0 Å². The molecule has 1 aromatic heterocycles. The predicted octanol–water partition coefficient (Wildman–Crippen LogP) is 1.70. The van der Waals surface area contributed by atoms with E-state index < -0.39 is 0 Å². The Bertz CT molecular complexity index is 507. The van der Waals surface area contributed by atoms with E-state index in [1.807, 2.05) is 6.92 Å². The molecule has 0 aromatic carbocycles. The Morgan fingerprint density at radius 1 is 1.41 bits per heavy atom. The Kier molecular flexibility index (Phi) is 2.15. The summed E-state index contributed by atoms with van der Waals surface area (Å²) in [5.41, 5.74) is 2.31. The van der Waals surface area contributed by atoms with E-state index >= 15 is 0 Å². The van der Waals surface area contributed by atoms with E-state index in [0.717, 1.165) is 23.5 Å². The van der Waals surface area contributed by atoms with E-state index in [4.69, 9.17) is 0 Å². The number of carbonyl (C=O) groups is 1. The number of aryl methyl sites for hydroxylation is 1. The minimum atomic E-state index is 0.118. The number of carbonyl (C=O) groups excluding carboxylic acids is 1. The largest absolute Gasteiger partial charge is 0.506 e. The zero-order chi connectivity index (χ0) is 12.2. The fourth-order valence-electron chi connectivity index (χ4n) is 2.41. The van der Waals surface area contributed by atoms with Crippen LogP contribution < -0.4 is 4.90 Å². The Balaban J connectivity index is 2.05. The third-order valence-electron chi connectivity index (χ3n) is 3.72. The Hall–Kier alpha value is -1.58. The van der Waals surface area contributed by atoms with E-state index in [2.05, 4.69) is 4.98 Å². The molecule has 2 heterocycles. The molecule has 17 heavy (non-hydrogen) atoms. The van der Waals surface area contributed by atoms with E-state index in [1.165, 1.54) is 12.8 Å². The highest BCUT2D eigenvalue weighted by Gasteiger charge is 2.35. The highest BCUT2D eigenvalue weighted by atomic mass is 16.3. The van der Waals surface area contributed by atoms with Gasteiger partial charge in [-0.3, -0.25) is 9.69 Å². The lowest BCUT2D eigenvalue weighted by atomic mass is 10.1. The molecule has 0 saturated heterocycles. The number of rotatable bonds is 2. The van der Waals surface area contributed by atoms with Crippen LogP contribution in [0.1, 0.15) is 29.7 Å². The smallest absolute Gasteiger partial charge is 0.232 e. The molecule has 1 amide bonds. The standard InChI is InChI=1S/C13H16N2O2/c1-7-10-5-11(16)15(6-9-3-4-9)13(10)14-8(2)12(7)17/h9,17H,3-6H2,1-2H3. The first kappa shape index (κ1) is 10.6. The molecule has 2 aliphatic rings. The van der Waals surface area contributed by atoms with E-state index in [0.29, 0.717) is 18.0 Å². The molecule has 90 valence electrons. The molecule has 1 fully saturated rings. The number of nitrogens with zero attached hydrogens (tertiary/aromatic N) is 2. The molecule has 4 nitrogen and oxygen atoms in total. The fourth-order valence-corrected chi connectivity index (χ4v) is 2.41. The summed E-state index contributed by atoms with van der Waals surface area (Å²) in [6, 6.07) is 0. The minimum absolute atomic E-state index is 0.118. The van der Waals surface area contributed by atoms with Crippen molar-refractivity contribution in [1.29, 1.82) is 0 Å². The van der Waals surface area contributed by atoms with Gasteiger partial charge in [-0.1, -0.05) is 0 Å². The van der Waals surface area contributed by atoms with Crippen LogP contribution in [0.3, 0.4) is 0 Å². The fraction of sp³-hybridized carbons (Fsp3) is 0.538. The maximum Gasteiger partial charge on any atom is 0.232 e. The summed E-state index contributed by atoms with van der Waals surface area (Å²) in [4.78, 5) is 18.2. The van der Waals surface area contributed by atoms with Crippen molar-refractivity contribution in [3.8, 4) is 5.75 Å². The van der Waals surface area contributed by atoms with Gasteiger partial charge in [-0.2, -0.15) is 0 Å². The molecule has 1 aliphatic heterocycles. The van der Waals surface area contributed by atoms with Crippen LogP contribution in [0.2, 0.25) is 0 Å². The average molecular weight is 232 g/mol. The third kappa shape index (κ3) is 1.59. The van der Waals surface area contributed by atoms with Crippen LogP contribution in [0.5, 0.6) is 5.75 Å². The number of anilines is 1. The first-order valence-corrected chi connectivity index (χ1v) is 6.07. The molecule has 1 saturated carbocycles. The highest BCUT2D eigenvalue weighted by molar-refractivity contribution is 6.01. The second-order valence-corrected chi connectivity index (χ2v) is 5.10. The molecule has 0 unspecified atom stereocenters. The van der Waals surface area contributed by atoms with Crippen LogP contribution in [0.25, 0.3) is 0 Å². The molecule has 0 radical (unpaired) electrons. The van der Waals surface area contributed by atoms with Crippen LogP contribution in [-0.4, -0.2) is 22.5 Å². The number of hydrogen-bond donors (Lipinski definition) is 1. The topological polar surface area (TPSA) is 53.4 Å². The normalized spacial score (nSPS) is 18.7. The Morgan fingerprint density at radius 2 is 2.12 bits per heavy atom. The van der Waals surface area contributed by atoms with E-state index in [1.54, 1.807) is 11.8 Å². The van der Waals surface area contributed by atoms with Gasteiger partial charge >= 0.3 is 0 Å². The van der Waals surface area contributed by atoms with E-state index in [9.17, 15) is 9.90 Å². The molecule has 1 aliphatic carbocycles. The number of pyridine rings is 1. The van der Waals surface area contributed by atoms with Gasteiger partial charge < -0.3 is 5.11 Å². The zero-order valence-corrected chi connectivity index (χ0v) is 10.2. The second kappa shape index (κ2) is 3.45. The van der Waals surface area contributed by atoms with Crippen LogP contribution in [-0.2, 0) is 11.2 Å². The monoisotopic (exact) mass is 232 g/mol. The number of aromatic nitrogens is 1. The first-order chi connectivity index (χ1) is 8.08. The zero-order valence-electron chi connectivity index (χ0n) is 10.2. The van der Waals surface area contributed by atoms with Crippen molar-refractivity contribution in [2.75, 3.05) is 11.4 Å². The first-order valence-electron chi connectivity index (χ1n) is 6.07. The second-order valence-electron chi connectivity index (χ2n) is 5.10. The number of amides is 1. The molecule has 0 atom stereocenters. The van der Waals surface area contributed by atoms with Crippen molar-refractivity contribution in [3.63, 3.8) is 0 Å². The number of hydrogen-bond acceptors (Lipinski definition) is 3. The lowest BCUT2D eigenvalue weighted by molar-refractivity contribution is -0.117. The van der Waals surface area contributed by atoms with Crippen LogP contribution >= 0.6 is 0 Å². The number of aromatic hydroxyl groups is 1. The molecule has 4 heteroatoms. The molecule has 1 N–H and O–H groups in total. The molecular weight excluding hydrogens is 216 g/mol. The van der Waals surface area contributed by atoms with Gasteiger partial charge in [0.05, 0.1) is 12.1 Å². The summed E-state index contributed by atoms with van der Waals surface area (Å²) in [7, 11) is 0. The van der Waals surface area contributed by atoms with Gasteiger partial charge in [-0.05, 0) is 32.6 Å². The summed E-state index contributed by atoms with van der Waals surface area (Å²) in [6.07, 6.45) is 2.82. The summed E-state index contributed by atoms with van der Waals surface area (Å²) >= 11 is 0. The Labute approximate surface area is 100 Å². The van der Waals surface area contributed by atoms with Crippen molar-refractivity contribution >= 4 is 11.7 Å². The van der Waals surface area contributed by atoms with Crippen LogP contribution in [0.4, 0.5) is 5.82 Å². The summed E-state index contributed by atoms with van der Waals surface area (Å²) < 4.78 is 0. The minimum Gasteiger partial charge on any atom is -0.506 e. The molecule has 0 spiro atoms. The van der Waals surface area contributed by atoms with Gasteiger partial charge in [0.15, 0.2) is 0 Å². The van der Waals surface area contributed by atoms with Crippen molar-refractivity contribution in [2.24, 2.45) is 5.92 Å². The molecular formula is C13H16N2O2. The van der Waals surface area contributed by atoms with Crippen molar-refractivity contribution < 1.29 is 9.90 Å². The van der Waals surface area contributed by atoms with Crippen LogP contribution in [0.15, 0.2) is 0 Å². The lowest BCUT2D eigenvalue weighted by Crippen LogP contribution is -2.29. The summed E-state index contributed by atoms with van der Waals surface area (Å²) in [5.74, 6) is 1.77. The summed E-state index contributed by atoms with van der Waals surface area (Å²) in [6.45, 7) is 4.43. The molecule has 1 aromatic rings. The lowest BCUT2D eigenvalue weighted by Gasteiger charge is -2.17. The van der Waals surface area contributed by atoms with Crippen LogP contribution in [0, 0.1) is 19.8 Å². The van der Waals surface area contributed by atoms with E-state index in [-0.39, 0.29) is 11.7 Å². The van der Waals surface area contributed by atoms with Gasteiger partial charge in [-0.15, -0.1) is 0 Å².